The zero-order chi connectivity index (χ0) is 18.3. The molecular formula is C18H20N4O4. The number of rotatable bonds is 4. The Morgan fingerprint density at radius 1 is 1.27 bits per heavy atom. The van der Waals surface area contributed by atoms with E-state index in [1.165, 1.54) is 13.3 Å². The van der Waals surface area contributed by atoms with E-state index in [1.54, 1.807) is 16.8 Å². The number of aliphatic hydroxyl groups excluding tert-OH is 1. The summed E-state index contributed by atoms with van der Waals surface area (Å²) in [7, 11) is 0. The molecule has 1 unspecified atom stereocenters. The maximum Gasteiger partial charge on any atom is 0.164 e. The van der Waals surface area contributed by atoms with Crippen LogP contribution in [0.3, 0.4) is 0 Å². The summed E-state index contributed by atoms with van der Waals surface area (Å²) < 4.78 is 13.3. The van der Waals surface area contributed by atoms with Crippen LogP contribution in [0.4, 0.5) is 5.82 Å². The molecule has 4 atom stereocenters. The third kappa shape index (κ3) is 2.68. The minimum atomic E-state index is -1.49. The number of fused-ring (bicyclic) bond motifs is 1. The van der Waals surface area contributed by atoms with Crippen LogP contribution in [0, 0.1) is 0 Å². The lowest BCUT2D eigenvalue weighted by atomic mass is 9.95. The fraction of sp³-hybridized carbons (Fsp3) is 0.333. The van der Waals surface area contributed by atoms with Crippen molar-refractivity contribution < 1.29 is 19.7 Å². The molecular weight excluding hydrogens is 336 g/mol. The molecule has 26 heavy (non-hydrogen) atoms. The van der Waals surface area contributed by atoms with Gasteiger partial charge in [-0.3, -0.25) is 0 Å². The molecule has 1 saturated heterocycles. The Hall–Kier alpha value is -2.68. The molecule has 1 aromatic carbocycles. The minimum absolute atomic E-state index is 0.0981. The smallest absolute Gasteiger partial charge is 0.164 e. The van der Waals surface area contributed by atoms with Crippen molar-refractivity contribution in [2.75, 3.05) is 12.3 Å². The summed E-state index contributed by atoms with van der Waals surface area (Å²) in [6.07, 6.45) is 0.350. The molecule has 136 valence electrons. The van der Waals surface area contributed by atoms with Gasteiger partial charge in [0.2, 0.25) is 0 Å². The second-order valence-corrected chi connectivity index (χ2v) is 6.53. The highest BCUT2D eigenvalue weighted by Gasteiger charge is 2.53. The average Bonchev–Trinajstić information content (AvgIpc) is 3.15. The molecule has 1 fully saturated rings. The number of hydrogen-bond donors (Lipinski definition) is 3. The van der Waals surface area contributed by atoms with E-state index in [4.69, 9.17) is 15.2 Å². The molecule has 4 N–H and O–H groups in total. The van der Waals surface area contributed by atoms with Crippen molar-refractivity contribution >= 4 is 16.9 Å². The summed E-state index contributed by atoms with van der Waals surface area (Å²) in [5.74, 6) is 1.01. The maximum absolute atomic E-state index is 10.8. The maximum atomic E-state index is 10.8. The number of benzene rings is 1. The van der Waals surface area contributed by atoms with E-state index in [0.29, 0.717) is 22.6 Å². The summed E-state index contributed by atoms with van der Waals surface area (Å²) in [5.41, 5.74) is 4.90. The summed E-state index contributed by atoms with van der Waals surface area (Å²) in [5, 5.41) is 22.1. The normalized spacial score (nSPS) is 28.5. The number of nitrogens with two attached hydrogens (primary N) is 1. The monoisotopic (exact) mass is 356 g/mol. The van der Waals surface area contributed by atoms with E-state index in [9.17, 15) is 10.2 Å². The van der Waals surface area contributed by atoms with Crippen LogP contribution in [0.5, 0.6) is 5.75 Å². The summed E-state index contributed by atoms with van der Waals surface area (Å²) in [6.45, 7) is 1.63. The number of aliphatic hydroxyl groups is 2. The molecule has 0 aliphatic carbocycles. The van der Waals surface area contributed by atoms with Crippen LogP contribution in [0.25, 0.3) is 11.0 Å². The lowest BCUT2D eigenvalue weighted by molar-refractivity contribution is -0.0765. The van der Waals surface area contributed by atoms with Crippen molar-refractivity contribution in [2.45, 2.75) is 31.0 Å². The molecule has 2 aromatic heterocycles. The van der Waals surface area contributed by atoms with Crippen LogP contribution < -0.4 is 10.5 Å². The number of anilines is 1. The van der Waals surface area contributed by atoms with Crippen LogP contribution in [-0.2, 0) is 4.74 Å². The van der Waals surface area contributed by atoms with E-state index in [-0.39, 0.29) is 6.61 Å². The van der Waals surface area contributed by atoms with Gasteiger partial charge in [-0.05, 0) is 25.1 Å². The zero-order valence-corrected chi connectivity index (χ0v) is 14.2. The van der Waals surface area contributed by atoms with E-state index < -0.39 is 24.0 Å². The van der Waals surface area contributed by atoms with Gasteiger partial charge in [0.15, 0.2) is 6.23 Å². The van der Waals surface area contributed by atoms with Gasteiger partial charge in [0.25, 0.3) is 0 Å². The summed E-state index contributed by atoms with van der Waals surface area (Å²) in [4.78, 5) is 8.17. The Morgan fingerprint density at radius 3 is 2.81 bits per heavy atom. The minimum Gasteiger partial charge on any atom is -0.491 e. The third-order valence-corrected chi connectivity index (χ3v) is 4.78. The molecule has 0 spiro atoms. The van der Waals surface area contributed by atoms with Crippen LogP contribution in [-0.4, -0.2) is 49.2 Å². The van der Waals surface area contributed by atoms with Gasteiger partial charge in [0.05, 0.1) is 5.39 Å². The lowest BCUT2D eigenvalue weighted by Gasteiger charge is -2.26. The van der Waals surface area contributed by atoms with Crippen molar-refractivity contribution in [1.82, 2.24) is 14.5 Å². The highest BCUT2D eigenvalue weighted by atomic mass is 16.6. The zero-order valence-electron chi connectivity index (χ0n) is 14.2. The Kier molecular flexibility index (Phi) is 4.03. The second-order valence-electron chi connectivity index (χ2n) is 6.53. The SMILES string of the molecule is C[C@]1(O)C(O)[C@H](n2ccc3c(N)ncnc32)O[C@@H]1COc1ccccc1. The topological polar surface area (TPSA) is 116 Å². The number of para-hydroxylation sites is 1. The van der Waals surface area contributed by atoms with Crippen molar-refractivity contribution in [3.8, 4) is 5.75 Å². The third-order valence-electron chi connectivity index (χ3n) is 4.78. The Morgan fingerprint density at radius 2 is 2.04 bits per heavy atom. The molecule has 8 nitrogen and oxygen atoms in total. The summed E-state index contributed by atoms with van der Waals surface area (Å²) >= 11 is 0. The lowest BCUT2D eigenvalue weighted by Crippen LogP contribution is -2.47. The van der Waals surface area contributed by atoms with Crippen LogP contribution in [0.15, 0.2) is 48.9 Å². The molecule has 0 bridgehead atoms. The molecule has 0 saturated carbocycles. The Labute approximate surface area is 149 Å². The molecule has 3 aromatic rings. The highest BCUT2D eigenvalue weighted by molar-refractivity contribution is 5.86. The van der Waals surface area contributed by atoms with Crippen molar-refractivity contribution in [3.63, 3.8) is 0 Å². The van der Waals surface area contributed by atoms with Gasteiger partial charge in [0.1, 0.15) is 48.0 Å². The quantitative estimate of drug-likeness (QED) is 0.641. The van der Waals surface area contributed by atoms with Gasteiger partial charge >= 0.3 is 0 Å². The molecule has 0 amide bonds. The second kappa shape index (κ2) is 6.24. The highest BCUT2D eigenvalue weighted by Crippen LogP contribution is 2.39. The van der Waals surface area contributed by atoms with Gasteiger partial charge in [-0.25, -0.2) is 9.97 Å². The molecule has 3 heterocycles. The summed E-state index contributed by atoms with van der Waals surface area (Å²) in [6, 6.07) is 11.0. The first-order chi connectivity index (χ1) is 12.5. The van der Waals surface area contributed by atoms with E-state index in [0.717, 1.165) is 0 Å². The van der Waals surface area contributed by atoms with E-state index >= 15 is 0 Å². The average molecular weight is 356 g/mol. The Bertz CT molecular complexity index is 912. The van der Waals surface area contributed by atoms with Gasteiger partial charge in [-0.15, -0.1) is 0 Å². The van der Waals surface area contributed by atoms with Crippen LogP contribution >= 0.6 is 0 Å². The fourth-order valence-electron chi connectivity index (χ4n) is 3.17. The van der Waals surface area contributed by atoms with Gasteiger partial charge in [-0.2, -0.15) is 0 Å². The first-order valence-electron chi connectivity index (χ1n) is 8.29. The molecule has 4 rings (SSSR count). The van der Waals surface area contributed by atoms with Gasteiger partial charge in [-0.1, -0.05) is 18.2 Å². The number of nitrogen functional groups attached to an aromatic ring is 1. The number of aromatic nitrogens is 3. The van der Waals surface area contributed by atoms with Crippen molar-refractivity contribution in [2.24, 2.45) is 0 Å². The van der Waals surface area contributed by atoms with Crippen LogP contribution in [0.2, 0.25) is 0 Å². The fourth-order valence-corrected chi connectivity index (χ4v) is 3.17. The standard InChI is InChI=1S/C18H20N4O4/c1-18(24)13(9-25-11-5-3-2-4-6-11)26-17(14(18)23)22-8-7-12-15(19)20-10-21-16(12)22/h2-8,10,13-14,17,23-24H,9H2,1H3,(H2,19,20,21)/t13-,14?,17-,18-/m1/s1. The first-order valence-corrected chi connectivity index (χ1v) is 8.29. The Balaban J connectivity index is 1.59. The molecule has 1 aliphatic heterocycles. The van der Waals surface area contributed by atoms with E-state index in [1.807, 2.05) is 30.3 Å². The van der Waals surface area contributed by atoms with Crippen LogP contribution in [0.1, 0.15) is 13.2 Å². The van der Waals surface area contributed by atoms with Gasteiger partial charge < -0.3 is 30.0 Å². The first kappa shape index (κ1) is 16.8. The van der Waals surface area contributed by atoms with Crippen molar-refractivity contribution in [1.29, 1.82) is 0 Å². The number of ether oxygens (including phenoxy) is 2. The van der Waals surface area contributed by atoms with Gasteiger partial charge in [0, 0.05) is 6.20 Å². The largest absolute Gasteiger partial charge is 0.491 e. The number of nitrogens with zero attached hydrogens (tertiary/aromatic N) is 3. The predicted molar refractivity (Wildman–Crippen MR) is 94.4 cm³/mol. The predicted octanol–water partition coefficient (Wildman–Crippen LogP) is 1.10. The molecule has 0 radical (unpaired) electrons. The van der Waals surface area contributed by atoms with Crippen molar-refractivity contribution in [3.05, 3.63) is 48.9 Å². The molecule has 8 heteroatoms. The number of hydrogen-bond acceptors (Lipinski definition) is 7. The van der Waals surface area contributed by atoms with E-state index in [2.05, 4.69) is 9.97 Å². The molecule has 1 aliphatic rings.